The summed E-state index contributed by atoms with van der Waals surface area (Å²) in [6.45, 7) is 6.76. The lowest BCUT2D eigenvalue weighted by molar-refractivity contribution is -0.140. The summed E-state index contributed by atoms with van der Waals surface area (Å²) in [4.78, 5) is 14.1. The zero-order chi connectivity index (χ0) is 21.4. The number of amides is 1. The molecular weight excluding hydrogens is 392 g/mol. The van der Waals surface area contributed by atoms with Gasteiger partial charge in [0, 0.05) is 18.6 Å². The topological polar surface area (TPSA) is 50.8 Å². The molecule has 9 heteroatoms. The van der Waals surface area contributed by atoms with Gasteiger partial charge in [0.2, 0.25) is 0 Å². The highest BCUT2D eigenvalue weighted by Crippen LogP contribution is 2.47. The monoisotopic (exact) mass is 418 g/mol. The van der Waals surface area contributed by atoms with Crippen molar-refractivity contribution < 1.29 is 31.8 Å². The summed E-state index contributed by atoms with van der Waals surface area (Å²) >= 11 is 0. The summed E-state index contributed by atoms with van der Waals surface area (Å²) in [6, 6.07) is 2.81. The van der Waals surface area contributed by atoms with Crippen LogP contribution in [0.4, 0.5) is 22.4 Å². The smallest absolute Gasteiger partial charge is 0.419 e. The van der Waals surface area contributed by atoms with E-state index in [9.17, 15) is 22.4 Å². The third-order valence-electron chi connectivity index (χ3n) is 5.11. The van der Waals surface area contributed by atoms with Crippen molar-refractivity contribution in [3.8, 4) is 0 Å². The molecule has 1 amide bonds. The van der Waals surface area contributed by atoms with Crippen LogP contribution in [0, 0.1) is 5.82 Å². The second-order valence-electron chi connectivity index (χ2n) is 8.56. The summed E-state index contributed by atoms with van der Waals surface area (Å²) in [6.07, 6.45) is -3.93. The Morgan fingerprint density at radius 1 is 1.31 bits per heavy atom. The second kappa shape index (κ2) is 7.75. The lowest BCUT2D eigenvalue weighted by Gasteiger charge is -2.37. The van der Waals surface area contributed by atoms with Crippen molar-refractivity contribution in [3.05, 3.63) is 35.1 Å². The first kappa shape index (κ1) is 21.8. The van der Waals surface area contributed by atoms with Crippen molar-refractivity contribution in [2.24, 2.45) is 0 Å². The van der Waals surface area contributed by atoms with Gasteiger partial charge in [0.1, 0.15) is 11.4 Å². The van der Waals surface area contributed by atoms with E-state index in [0.717, 1.165) is 12.1 Å². The highest BCUT2D eigenvalue weighted by atomic mass is 19.4. The summed E-state index contributed by atoms with van der Waals surface area (Å²) in [5.41, 5.74) is -2.15. The van der Waals surface area contributed by atoms with Gasteiger partial charge in [-0.1, -0.05) is 6.07 Å². The summed E-state index contributed by atoms with van der Waals surface area (Å²) in [5, 5.41) is 3.28. The van der Waals surface area contributed by atoms with Crippen LogP contribution in [0.15, 0.2) is 18.2 Å². The van der Waals surface area contributed by atoms with E-state index < -0.39 is 34.8 Å². The summed E-state index contributed by atoms with van der Waals surface area (Å²) < 4.78 is 63.7. The number of morpholine rings is 1. The van der Waals surface area contributed by atoms with Crippen LogP contribution in [0.2, 0.25) is 0 Å². The maximum Gasteiger partial charge on any atom is 0.419 e. The second-order valence-corrected chi connectivity index (χ2v) is 8.56. The van der Waals surface area contributed by atoms with Crippen LogP contribution >= 0.6 is 0 Å². The van der Waals surface area contributed by atoms with Crippen LogP contribution in [-0.4, -0.2) is 48.9 Å². The maximum absolute atomic E-state index is 13.6. The number of hydrogen-bond acceptors (Lipinski definition) is 4. The fourth-order valence-corrected chi connectivity index (χ4v) is 3.43. The molecule has 0 unspecified atom stereocenters. The van der Waals surface area contributed by atoms with Gasteiger partial charge in [0.15, 0.2) is 0 Å². The minimum atomic E-state index is -4.75. The van der Waals surface area contributed by atoms with Gasteiger partial charge >= 0.3 is 12.3 Å². The molecule has 0 bridgehead atoms. The molecule has 1 N–H and O–H groups in total. The van der Waals surface area contributed by atoms with E-state index in [1.807, 2.05) is 0 Å². The van der Waals surface area contributed by atoms with Crippen LogP contribution in [0.5, 0.6) is 0 Å². The Labute approximate surface area is 167 Å². The zero-order valence-corrected chi connectivity index (χ0v) is 16.7. The Balaban J connectivity index is 1.70. The minimum Gasteiger partial charge on any atom is -0.444 e. The molecule has 2 fully saturated rings. The van der Waals surface area contributed by atoms with Gasteiger partial charge in [-0.05, 0) is 51.3 Å². The number of benzene rings is 1. The quantitative estimate of drug-likeness (QED) is 0.750. The molecule has 3 rings (SSSR count). The molecule has 0 radical (unpaired) electrons. The fraction of sp³-hybridized carbons (Fsp3) is 0.650. The van der Waals surface area contributed by atoms with Crippen molar-refractivity contribution in [1.82, 2.24) is 10.2 Å². The number of nitrogens with zero attached hydrogens (tertiary/aromatic N) is 1. The Hall–Kier alpha value is -1.87. The van der Waals surface area contributed by atoms with Gasteiger partial charge < -0.3 is 14.8 Å². The molecular formula is C20H26F4N2O3. The molecule has 162 valence electrons. The van der Waals surface area contributed by atoms with E-state index in [2.05, 4.69) is 5.32 Å². The normalized spacial score (nSPS) is 21.8. The van der Waals surface area contributed by atoms with Gasteiger partial charge in [0.25, 0.3) is 0 Å². The third-order valence-corrected chi connectivity index (χ3v) is 5.11. The molecule has 1 aliphatic heterocycles. The lowest BCUT2D eigenvalue weighted by Crippen LogP contribution is -2.55. The average molecular weight is 418 g/mol. The van der Waals surface area contributed by atoms with Gasteiger partial charge in [0.05, 0.1) is 24.8 Å². The van der Waals surface area contributed by atoms with E-state index >= 15 is 0 Å². The van der Waals surface area contributed by atoms with E-state index in [4.69, 9.17) is 9.47 Å². The number of alkyl halides is 3. The predicted molar refractivity (Wildman–Crippen MR) is 97.9 cm³/mol. The highest BCUT2D eigenvalue weighted by molar-refractivity contribution is 5.68. The molecule has 1 saturated carbocycles. The van der Waals surface area contributed by atoms with Crippen molar-refractivity contribution >= 4 is 6.09 Å². The Bertz CT molecular complexity index is 757. The number of rotatable bonds is 4. The SMILES string of the molecule is CC(C)(C)OC(=O)N1CCOC[C@H]1CNC1(c2ccc(F)c(C(F)(F)F)c2)CC1. The first-order valence-corrected chi connectivity index (χ1v) is 9.61. The van der Waals surface area contributed by atoms with Gasteiger partial charge in [-0.25, -0.2) is 9.18 Å². The first-order valence-electron chi connectivity index (χ1n) is 9.61. The fourth-order valence-electron chi connectivity index (χ4n) is 3.43. The Morgan fingerprint density at radius 2 is 2.00 bits per heavy atom. The molecule has 5 nitrogen and oxygen atoms in total. The van der Waals surface area contributed by atoms with E-state index in [1.54, 1.807) is 25.7 Å². The number of nitrogens with one attached hydrogen (secondary N) is 1. The average Bonchev–Trinajstić information content (AvgIpc) is 3.39. The van der Waals surface area contributed by atoms with E-state index in [0.29, 0.717) is 44.7 Å². The molecule has 2 aliphatic rings. The van der Waals surface area contributed by atoms with Crippen molar-refractivity contribution in [2.75, 3.05) is 26.3 Å². The van der Waals surface area contributed by atoms with Crippen LogP contribution in [0.1, 0.15) is 44.7 Å². The molecule has 1 heterocycles. The van der Waals surface area contributed by atoms with Crippen LogP contribution in [0.3, 0.4) is 0 Å². The van der Waals surface area contributed by atoms with Crippen molar-refractivity contribution in [3.63, 3.8) is 0 Å². The van der Waals surface area contributed by atoms with Gasteiger partial charge in [-0.3, -0.25) is 4.90 Å². The van der Waals surface area contributed by atoms with Crippen LogP contribution in [0.25, 0.3) is 0 Å². The maximum atomic E-state index is 13.6. The predicted octanol–water partition coefficient (Wildman–Crippen LogP) is 4.06. The number of ether oxygens (including phenoxy) is 2. The molecule has 1 aliphatic carbocycles. The summed E-state index contributed by atoms with van der Waals surface area (Å²) in [7, 11) is 0. The molecule has 1 atom stereocenters. The van der Waals surface area contributed by atoms with Crippen LogP contribution in [-0.2, 0) is 21.2 Å². The lowest BCUT2D eigenvalue weighted by atomic mass is 10.0. The third kappa shape index (κ3) is 5.19. The van der Waals surface area contributed by atoms with Crippen LogP contribution < -0.4 is 5.32 Å². The molecule has 1 aromatic rings. The molecule has 1 aromatic carbocycles. The molecule has 0 aromatic heterocycles. The van der Waals surface area contributed by atoms with Gasteiger partial charge in [-0.15, -0.1) is 0 Å². The molecule has 1 saturated heterocycles. The number of halogens is 4. The molecule has 29 heavy (non-hydrogen) atoms. The summed E-state index contributed by atoms with van der Waals surface area (Å²) in [5.74, 6) is -1.28. The first-order chi connectivity index (χ1) is 13.4. The minimum absolute atomic E-state index is 0.305. The highest BCUT2D eigenvalue weighted by Gasteiger charge is 2.46. The van der Waals surface area contributed by atoms with Crippen molar-refractivity contribution in [2.45, 2.75) is 57.0 Å². The molecule has 0 spiro atoms. The Morgan fingerprint density at radius 3 is 2.59 bits per heavy atom. The number of carbonyl (C=O) groups excluding carboxylic acids is 1. The van der Waals surface area contributed by atoms with E-state index in [-0.39, 0.29) is 6.04 Å². The zero-order valence-electron chi connectivity index (χ0n) is 16.7. The number of hydrogen-bond donors (Lipinski definition) is 1. The van der Waals surface area contributed by atoms with Gasteiger partial charge in [-0.2, -0.15) is 13.2 Å². The Kier molecular flexibility index (Phi) is 5.84. The van der Waals surface area contributed by atoms with Crippen molar-refractivity contribution in [1.29, 1.82) is 0 Å². The number of carbonyl (C=O) groups is 1. The van der Waals surface area contributed by atoms with E-state index in [1.165, 1.54) is 6.07 Å². The largest absolute Gasteiger partial charge is 0.444 e. The standard InChI is InChI=1S/C20H26F4N2O3/c1-18(2,3)29-17(27)26-8-9-28-12-14(26)11-25-19(6-7-19)13-4-5-16(21)15(10-13)20(22,23)24/h4-5,10,14,25H,6-9,11-12H2,1-3H3/t14-/m1/s1.